The fraction of sp³-hybridized carbons (Fsp3) is 0.412. The number of fused-ring (bicyclic) bond motifs is 1. The van der Waals surface area contributed by atoms with E-state index in [2.05, 4.69) is 31.3 Å². The zero-order valence-corrected chi connectivity index (χ0v) is 13.6. The Labute approximate surface area is 130 Å². The molecule has 0 spiro atoms. The summed E-state index contributed by atoms with van der Waals surface area (Å²) in [5, 5.41) is 4.39. The summed E-state index contributed by atoms with van der Waals surface area (Å²) in [6.07, 6.45) is 5.22. The van der Waals surface area contributed by atoms with Gasteiger partial charge in [-0.05, 0) is 68.9 Å². The van der Waals surface area contributed by atoms with Gasteiger partial charge in [0.1, 0.15) is 0 Å². The molecular formula is C17H20ClNS. The minimum Gasteiger partial charge on any atom is -0.377 e. The van der Waals surface area contributed by atoms with Crippen LogP contribution in [0.5, 0.6) is 0 Å². The van der Waals surface area contributed by atoms with Crippen LogP contribution in [0, 0.1) is 6.92 Å². The third kappa shape index (κ3) is 2.87. The van der Waals surface area contributed by atoms with Crippen molar-refractivity contribution in [2.24, 2.45) is 0 Å². The smallest absolute Gasteiger partial charge is 0.0578 e. The lowest BCUT2D eigenvalue weighted by Gasteiger charge is -2.16. The van der Waals surface area contributed by atoms with Crippen molar-refractivity contribution in [3.05, 3.63) is 50.2 Å². The average molecular weight is 306 g/mol. The van der Waals surface area contributed by atoms with E-state index in [1.165, 1.54) is 36.1 Å². The van der Waals surface area contributed by atoms with E-state index in [9.17, 15) is 0 Å². The third-order valence-corrected chi connectivity index (χ3v) is 5.67. The predicted molar refractivity (Wildman–Crippen MR) is 89.2 cm³/mol. The molecule has 1 aromatic carbocycles. The second-order valence-electron chi connectivity index (χ2n) is 5.63. The fourth-order valence-corrected chi connectivity index (χ4v) is 4.21. The Hall–Kier alpha value is -0.990. The molecular weight excluding hydrogens is 286 g/mol. The average Bonchev–Trinajstić information content (AvgIpc) is 2.87. The molecule has 1 nitrogen and oxygen atoms in total. The van der Waals surface area contributed by atoms with Gasteiger partial charge in [-0.3, -0.25) is 0 Å². The van der Waals surface area contributed by atoms with Gasteiger partial charge in [-0.1, -0.05) is 17.7 Å². The van der Waals surface area contributed by atoms with Crippen molar-refractivity contribution in [2.45, 2.75) is 45.6 Å². The third-order valence-electron chi connectivity index (χ3n) is 4.01. The molecule has 0 aliphatic heterocycles. The Morgan fingerprint density at radius 1 is 1.20 bits per heavy atom. The molecule has 106 valence electrons. The van der Waals surface area contributed by atoms with Crippen LogP contribution in [0.4, 0.5) is 5.69 Å². The van der Waals surface area contributed by atoms with Crippen LogP contribution in [0.15, 0.2) is 24.3 Å². The van der Waals surface area contributed by atoms with Crippen LogP contribution in [-0.4, -0.2) is 0 Å². The molecule has 1 aliphatic rings. The standard InChI is InChI=1S/C17H20ClNS/c1-11-7-8-14(18)10-15(11)19-12(2)17-9-13-5-3-4-6-16(13)20-17/h7-10,12,19H,3-6H2,1-2H3. The molecule has 1 aliphatic carbocycles. The van der Waals surface area contributed by atoms with Crippen molar-refractivity contribution < 1.29 is 0 Å². The molecule has 1 N–H and O–H groups in total. The molecule has 3 heteroatoms. The molecule has 0 saturated carbocycles. The zero-order valence-electron chi connectivity index (χ0n) is 12.0. The lowest BCUT2D eigenvalue weighted by Crippen LogP contribution is -2.06. The summed E-state index contributed by atoms with van der Waals surface area (Å²) in [6, 6.07) is 8.76. The van der Waals surface area contributed by atoms with Gasteiger partial charge in [-0.25, -0.2) is 0 Å². The van der Waals surface area contributed by atoms with E-state index in [1.807, 2.05) is 23.5 Å². The second-order valence-corrected chi connectivity index (χ2v) is 7.23. The van der Waals surface area contributed by atoms with Gasteiger partial charge < -0.3 is 5.32 Å². The number of hydrogen-bond acceptors (Lipinski definition) is 2. The Morgan fingerprint density at radius 3 is 2.80 bits per heavy atom. The Kier molecular flexibility index (Phi) is 4.04. The summed E-state index contributed by atoms with van der Waals surface area (Å²) in [6.45, 7) is 4.35. The number of hydrogen-bond donors (Lipinski definition) is 1. The van der Waals surface area contributed by atoms with Crippen molar-refractivity contribution in [3.8, 4) is 0 Å². The number of nitrogens with one attached hydrogen (secondary N) is 1. The summed E-state index contributed by atoms with van der Waals surface area (Å²) in [5.74, 6) is 0. The van der Waals surface area contributed by atoms with Gasteiger partial charge in [0.2, 0.25) is 0 Å². The highest BCUT2D eigenvalue weighted by Gasteiger charge is 2.16. The van der Waals surface area contributed by atoms with E-state index < -0.39 is 0 Å². The first kappa shape index (κ1) is 14.0. The molecule has 1 unspecified atom stereocenters. The van der Waals surface area contributed by atoms with Gasteiger partial charge in [0.05, 0.1) is 6.04 Å². The van der Waals surface area contributed by atoms with E-state index in [1.54, 1.807) is 10.4 Å². The molecule has 1 heterocycles. The highest BCUT2D eigenvalue weighted by atomic mass is 35.5. The molecule has 0 radical (unpaired) electrons. The van der Waals surface area contributed by atoms with Crippen molar-refractivity contribution in [1.82, 2.24) is 0 Å². The lowest BCUT2D eigenvalue weighted by atomic mass is 9.99. The molecule has 1 atom stereocenters. The van der Waals surface area contributed by atoms with E-state index >= 15 is 0 Å². The van der Waals surface area contributed by atoms with Crippen LogP contribution in [0.2, 0.25) is 5.02 Å². The van der Waals surface area contributed by atoms with E-state index in [-0.39, 0.29) is 0 Å². The normalized spacial score (nSPS) is 15.8. The highest BCUT2D eigenvalue weighted by Crippen LogP contribution is 2.34. The SMILES string of the molecule is Cc1ccc(Cl)cc1NC(C)c1cc2c(s1)CCCC2. The maximum absolute atomic E-state index is 6.09. The predicted octanol–water partition coefficient (Wildman–Crippen LogP) is 5.76. The van der Waals surface area contributed by atoms with Gasteiger partial charge in [0.25, 0.3) is 0 Å². The van der Waals surface area contributed by atoms with Crippen LogP contribution in [-0.2, 0) is 12.8 Å². The number of aryl methyl sites for hydroxylation is 3. The summed E-state index contributed by atoms with van der Waals surface area (Å²) in [5.41, 5.74) is 3.95. The number of halogens is 1. The molecule has 3 rings (SSSR count). The molecule has 0 amide bonds. The monoisotopic (exact) mass is 305 g/mol. The van der Waals surface area contributed by atoms with Crippen LogP contribution in [0.1, 0.15) is 46.7 Å². The maximum Gasteiger partial charge on any atom is 0.0578 e. The number of anilines is 1. The van der Waals surface area contributed by atoms with E-state index in [0.717, 1.165) is 10.7 Å². The minimum absolute atomic E-state index is 0.336. The Morgan fingerprint density at radius 2 is 2.00 bits per heavy atom. The highest BCUT2D eigenvalue weighted by molar-refractivity contribution is 7.12. The van der Waals surface area contributed by atoms with Gasteiger partial charge in [0.15, 0.2) is 0 Å². The first-order valence-corrected chi connectivity index (χ1v) is 8.47. The lowest BCUT2D eigenvalue weighted by molar-refractivity contribution is 0.696. The van der Waals surface area contributed by atoms with Crippen LogP contribution < -0.4 is 5.32 Å². The summed E-state index contributed by atoms with van der Waals surface area (Å²) < 4.78 is 0. The van der Waals surface area contributed by atoms with Crippen molar-refractivity contribution in [3.63, 3.8) is 0 Å². The topological polar surface area (TPSA) is 12.0 Å². The molecule has 20 heavy (non-hydrogen) atoms. The van der Waals surface area contributed by atoms with Gasteiger partial charge in [-0.2, -0.15) is 0 Å². The molecule has 1 aromatic heterocycles. The molecule has 0 bridgehead atoms. The first-order valence-electron chi connectivity index (χ1n) is 7.27. The Balaban J connectivity index is 1.80. The summed E-state index contributed by atoms with van der Waals surface area (Å²) >= 11 is 8.07. The fourth-order valence-electron chi connectivity index (χ4n) is 2.78. The molecule has 0 saturated heterocycles. The quantitative estimate of drug-likeness (QED) is 0.760. The Bertz CT molecular complexity index is 594. The van der Waals surface area contributed by atoms with Crippen LogP contribution in [0.25, 0.3) is 0 Å². The zero-order chi connectivity index (χ0) is 14.1. The summed E-state index contributed by atoms with van der Waals surface area (Å²) in [4.78, 5) is 3.04. The largest absolute Gasteiger partial charge is 0.377 e. The number of rotatable bonds is 3. The second kappa shape index (κ2) is 5.79. The van der Waals surface area contributed by atoms with Gasteiger partial charge in [-0.15, -0.1) is 11.3 Å². The number of thiophene rings is 1. The van der Waals surface area contributed by atoms with Crippen molar-refractivity contribution in [2.75, 3.05) is 5.32 Å². The van der Waals surface area contributed by atoms with Crippen LogP contribution in [0.3, 0.4) is 0 Å². The van der Waals surface area contributed by atoms with E-state index in [0.29, 0.717) is 6.04 Å². The van der Waals surface area contributed by atoms with Gasteiger partial charge >= 0.3 is 0 Å². The van der Waals surface area contributed by atoms with Crippen molar-refractivity contribution in [1.29, 1.82) is 0 Å². The maximum atomic E-state index is 6.09. The van der Waals surface area contributed by atoms with E-state index in [4.69, 9.17) is 11.6 Å². The number of benzene rings is 1. The minimum atomic E-state index is 0.336. The van der Waals surface area contributed by atoms with Crippen LogP contribution >= 0.6 is 22.9 Å². The first-order chi connectivity index (χ1) is 9.63. The van der Waals surface area contributed by atoms with Gasteiger partial charge in [0, 0.05) is 20.5 Å². The summed E-state index contributed by atoms with van der Waals surface area (Å²) in [7, 11) is 0. The van der Waals surface area contributed by atoms with Crippen molar-refractivity contribution >= 4 is 28.6 Å². The molecule has 2 aromatic rings. The molecule has 0 fully saturated rings.